The molecule has 1 atom stereocenters. The predicted octanol–water partition coefficient (Wildman–Crippen LogP) is 6.47. The number of aryl methyl sites for hydroxylation is 6. The first-order valence-electron chi connectivity index (χ1n) is 12.0. The Kier molecular flexibility index (Phi) is 11.1. The van der Waals surface area contributed by atoms with Gasteiger partial charge in [0.1, 0.15) is 6.10 Å². The van der Waals surface area contributed by atoms with Crippen molar-refractivity contribution in [1.82, 2.24) is 0 Å². The fourth-order valence-electron chi connectivity index (χ4n) is 4.23. The van der Waals surface area contributed by atoms with Crippen LogP contribution in [-0.2, 0) is 4.43 Å². The Morgan fingerprint density at radius 1 is 0.706 bits per heavy atom. The van der Waals surface area contributed by atoms with Gasteiger partial charge in [0.05, 0.1) is 0 Å². The van der Waals surface area contributed by atoms with Gasteiger partial charge in [0, 0.05) is 5.56 Å². The molecule has 178 valence electrons. The van der Waals surface area contributed by atoms with Crippen molar-refractivity contribution in [1.29, 1.82) is 0 Å². The molecule has 3 heteroatoms. The molecule has 0 bridgehead atoms. The van der Waals surface area contributed by atoms with Gasteiger partial charge in [0.15, 0.2) is 0 Å². The molecule has 0 heterocycles. The number of hydrogen-bond donors (Lipinski definition) is 0. The molecule has 0 aromatic heterocycles. The van der Waals surface area contributed by atoms with Crippen LogP contribution in [0.1, 0.15) is 45.9 Å². The topological polar surface area (TPSA) is 9.23 Å². The molecule has 0 N–H and O–H groups in total. The Balaban J connectivity index is 0.000000945. The molecule has 0 spiro atoms. The molecule has 0 aliphatic carbocycles. The van der Waals surface area contributed by atoms with E-state index in [-0.39, 0.29) is 6.10 Å². The Hall–Kier alpha value is -1.80. The zero-order valence-corrected chi connectivity index (χ0v) is 26.5. The molecule has 1 unspecified atom stereocenters. The Bertz CT molecular complexity index is 1050. The van der Waals surface area contributed by atoms with Gasteiger partial charge in [-0.25, -0.2) is 0 Å². The maximum atomic E-state index is 6.78. The summed E-state index contributed by atoms with van der Waals surface area (Å²) in [5.41, 5.74) is 8.85. The standard InChI is InChI=1S/C28H31OSi.3CH3.Sn/c1-19-15-21(3)27(22(4)16-19)30(28-23(5)17-20(2)18-24(28)6)29-25(7)13-14-26-11-9-8-10-12-26;;;;/h8-12,15-18,25H,1-7H3;3*1H3;. The van der Waals surface area contributed by atoms with E-state index >= 15 is 0 Å². The molecular weight excluding hydrogens is 535 g/mol. The van der Waals surface area contributed by atoms with Gasteiger partial charge in [-0.3, -0.25) is 0 Å². The average molecular weight is 575 g/mol. The first-order valence-corrected chi connectivity index (χ1v) is 22.0. The van der Waals surface area contributed by atoms with Crippen molar-refractivity contribution in [2.24, 2.45) is 0 Å². The van der Waals surface area contributed by atoms with Crippen LogP contribution in [0.2, 0.25) is 14.8 Å². The molecule has 2 radical (unpaired) electrons. The Morgan fingerprint density at radius 2 is 1.09 bits per heavy atom. The van der Waals surface area contributed by atoms with Crippen LogP contribution in [0.4, 0.5) is 0 Å². The summed E-state index contributed by atoms with van der Waals surface area (Å²) < 4.78 is 6.78. The van der Waals surface area contributed by atoms with Gasteiger partial charge in [-0.2, -0.15) is 0 Å². The van der Waals surface area contributed by atoms with Crippen LogP contribution >= 0.6 is 0 Å². The molecule has 0 saturated heterocycles. The van der Waals surface area contributed by atoms with E-state index in [0.717, 1.165) is 5.56 Å². The van der Waals surface area contributed by atoms with Crippen molar-refractivity contribution >= 4 is 39.2 Å². The average Bonchev–Trinajstić information content (AvgIpc) is 2.71. The molecule has 34 heavy (non-hydrogen) atoms. The molecule has 3 aromatic rings. The van der Waals surface area contributed by atoms with Crippen molar-refractivity contribution in [2.45, 2.75) is 69.4 Å². The summed E-state index contributed by atoms with van der Waals surface area (Å²) in [7, 11) is -1.46. The van der Waals surface area contributed by atoms with Crippen LogP contribution in [0.25, 0.3) is 0 Å². The van der Waals surface area contributed by atoms with Crippen molar-refractivity contribution in [3.05, 3.63) is 93.5 Å². The third-order valence-corrected chi connectivity index (χ3v) is 8.37. The van der Waals surface area contributed by atoms with Crippen LogP contribution < -0.4 is 10.4 Å². The third kappa shape index (κ3) is 8.45. The minimum atomic E-state index is -1.46. The van der Waals surface area contributed by atoms with E-state index in [1.54, 1.807) is 0 Å². The SMILES string of the molecule is Cc1cc(C)c([Si](OC(C)C#Cc2ccccc2)c2c(C)cc(C)cc2C)c(C)c1.[CH3][Sn]([CH3])[CH3]. The zero-order valence-electron chi connectivity index (χ0n) is 22.7. The summed E-state index contributed by atoms with van der Waals surface area (Å²) in [6.07, 6.45) is -0.153. The van der Waals surface area contributed by atoms with E-state index in [0.29, 0.717) is 0 Å². The summed E-state index contributed by atoms with van der Waals surface area (Å²) in [5.74, 6) is 6.59. The fourth-order valence-corrected chi connectivity index (χ4v) is 6.85. The molecule has 0 amide bonds. The van der Waals surface area contributed by atoms with Gasteiger partial charge < -0.3 is 4.43 Å². The van der Waals surface area contributed by atoms with E-state index in [4.69, 9.17) is 4.43 Å². The summed E-state index contributed by atoms with van der Waals surface area (Å²) in [5, 5.41) is 2.71. The molecular formula is C31H40OSiSn. The van der Waals surface area contributed by atoms with Gasteiger partial charge >= 0.3 is 34.6 Å². The third-order valence-electron chi connectivity index (χ3n) is 5.30. The van der Waals surface area contributed by atoms with Crippen LogP contribution in [0, 0.1) is 53.4 Å². The first kappa shape index (κ1) is 28.4. The monoisotopic (exact) mass is 576 g/mol. The molecule has 0 aliphatic heterocycles. The van der Waals surface area contributed by atoms with E-state index in [2.05, 4.69) is 99.4 Å². The molecule has 0 aliphatic rings. The molecule has 3 rings (SSSR count). The van der Waals surface area contributed by atoms with Gasteiger partial charge in [-0.15, -0.1) is 0 Å². The van der Waals surface area contributed by atoms with Gasteiger partial charge in [-0.05, 0) is 93.2 Å². The fraction of sp³-hybridized carbons (Fsp3) is 0.355. The summed E-state index contributed by atoms with van der Waals surface area (Å²) >= 11 is -0.543. The minimum absolute atomic E-state index is 0.153. The molecule has 1 nitrogen and oxygen atoms in total. The van der Waals surface area contributed by atoms with E-state index < -0.39 is 28.8 Å². The predicted molar refractivity (Wildman–Crippen MR) is 154 cm³/mol. The van der Waals surface area contributed by atoms with E-state index in [9.17, 15) is 0 Å². The van der Waals surface area contributed by atoms with E-state index in [1.165, 1.54) is 43.8 Å². The Labute approximate surface area is 217 Å². The van der Waals surface area contributed by atoms with Crippen molar-refractivity contribution in [3.63, 3.8) is 0 Å². The maximum absolute atomic E-state index is 6.78. The number of rotatable bonds is 4. The summed E-state index contributed by atoms with van der Waals surface area (Å²) in [6.45, 7) is 15.2. The normalized spacial score (nSPS) is 11.5. The number of hydrogen-bond acceptors (Lipinski definition) is 1. The summed E-state index contributed by atoms with van der Waals surface area (Å²) in [6, 6.07) is 19.2. The summed E-state index contributed by atoms with van der Waals surface area (Å²) in [4.78, 5) is 7.09. The quantitative estimate of drug-likeness (QED) is 0.256. The van der Waals surface area contributed by atoms with Gasteiger partial charge in [0.25, 0.3) is 9.04 Å². The number of benzene rings is 3. The van der Waals surface area contributed by atoms with Gasteiger partial charge in [-0.1, -0.05) is 65.4 Å². The van der Waals surface area contributed by atoms with Crippen LogP contribution in [0.5, 0.6) is 0 Å². The van der Waals surface area contributed by atoms with Crippen LogP contribution in [0.15, 0.2) is 54.6 Å². The van der Waals surface area contributed by atoms with E-state index in [1.807, 2.05) is 30.3 Å². The van der Waals surface area contributed by atoms with Gasteiger partial charge in [0.2, 0.25) is 0 Å². The first-order chi connectivity index (χ1) is 16.0. The Morgan fingerprint density at radius 3 is 1.47 bits per heavy atom. The molecule has 0 fully saturated rings. The second-order valence-corrected chi connectivity index (χ2v) is 20.2. The zero-order chi connectivity index (χ0) is 25.4. The second kappa shape index (κ2) is 13.3. The van der Waals surface area contributed by atoms with Crippen molar-refractivity contribution in [2.75, 3.05) is 0 Å². The molecule has 3 aromatic carbocycles. The molecule has 0 saturated carbocycles. The van der Waals surface area contributed by atoms with Crippen molar-refractivity contribution < 1.29 is 4.43 Å². The van der Waals surface area contributed by atoms with Crippen molar-refractivity contribution in [3.8, 4) is 11.8 Å². The van der Waals surface area contributed by atoms with Crippen LogP contribution in [0.3, 0.4) is 0 Å². The second-order valence-electron chi connectivity index (χ2n) is 9.77. The van der Waals surface area contributed by atoms with Crippen LogP contribution in [-0.4, -0.2) is 34.9 Å².